The third kappa shape index (κ3) is 3.90. The topological polar surface area (TPSA) is 112 Å². The zero-order chi connectivity index (χ0) is 19.4. The molecule has 1 atom stereocenters. The number of hydrogen-bond acceptors (Lipinski definition) is 6. The molecule has 26 heavy (non-hydrogen) atoms. The average molecular weight is 360 g/mol. The fourth-order valence-corrected chi connectivity index (χ4v) is 2.64. The van der Waals surface area contributed by atoms with Gasteiger partial charge in [0.05, 0.1) is 17.1 Å². The Hall–Kier alpha value is -3.16. The van der Waals surface area contributed by atoms with Crippen LogP contribution in [0.25, 0.3) is 0 Å². The van der Waals surface area contributed by atoms with Crippen LogP contribution in [0.1, 0.15) is 57.6 Å². The van der Waals surface area contributed by atoms with Gasteiger partial charge < -0.3 is 14.5 Å². The second kappa shape index (κ2) is 7.81. The summed E-state index contributed by atoms with van der Waals surface area (Å²) in [7, 11) is 0. The summed E-state index contributed by atoms with van der Waals surface area (Å²) in [5, 5.41) is 10.9. The maximum atomic E-state index is 12.6. The normalized spacial score (nSPS) is 11.7. The summed E-state index contributed by atoms with van der Waals surface area (Å²) in [6, 6.07) is 5.90. The van der Waals surface area contributed by atoms with Crippen LogP contribution in [0.3, 0.4) is 0 Å². The first kappa shape index (κ1) is 19.2. The molecule has 0 bridgehead atoms. The van der Waals surface area contributed by atoms with Gasteiger partial charge in [-0.2, -0.15) is 0 Å². The fourth-order valence-electron chi connectivity index (χ4n) is 2.64. The van der Waals surface area contributed by atoms with Gasteiger partial charge in [-0.15, -0.1) is 0 Å². The number of aromatic nitrogens is 1. The molecule has 2 aromatic rings. The molecule has 0 saturated carbocycles. The van der Waals surface area contributed by atoms with Crippen LogP contribution in [0.15, 0.2) is 24.3 Å². The van der Waals surface area contributed by atoms with Crippen molar-refractivity contribution in [3.63, 3.8) is 0 Å². The summed E-state index contributed by atoms with van der Waals surface area (Å²) >= 11 is 0. The number of nitro groups is 1. The number of nitro benzene ring substituents is 1. The molecule has 0 aliphatic rings. The molecule has 138 valence electrons. The lowest BCUT2D eigenvalue weighted by Crippen LogP contribution is -2.12. The number of carbonyl (C=O) groups is 2. The van der Waals surface area contributed by atoms with E-state index in [2.05, 4.69) is 4.98 Å². The number of nitrogens with zero attached hydrogens (tertiary/aromatic N) is 1. The molecule has 1 N–H and O–H groups in total. The lowest BCUT2D eigenvalue weighted by Gasteiger charge is -2.14. The highest BCUT2D eigenvalue weighted by atomic mass is 16.6. The third-order valence-corrected chi connectivity index (χ3v) is 3.96. The van der Waals surface area contributed by atoms with E-state index in [0.29, 0.717) is 16.8 Å². The molecule has 0 saturated heterocycles. The van der Waals surface area contributed by atoms with Crippen LogP contribution >= 0.6 is 0 Å². The van der Waals surface area contributed by atoms with E-state index in [9.17, 15) is 19.7 Å². The molecule has 0 fully saturated rings. The highest BCUT2D eigenvalue weighted by molar-refractivity contribution is 5.98. The van der Waals surface area contributed by atoms with Crippen LogP contribution in [0.5, 0.6) is 0 Å². The van der Waals surface area contributed by atoms with Crippen molar-refractivity contribution >= 4 is 17.6 Å². The van der Waals surface area contributed by atoms with Crippen molar-refractivity contribution < 1.29 is 24.0 Å². The molecule has 1 aromatic carbocycles. The van der Waals surface area contributed by atoms with Gasteiger partial charge in [-0.05, 0) is 38.8 Å². The van der Waals surface area contributed by atoms with Crippen LogP contribution in [0.2, 0.25) is 0 Å². The Morgan fingerprint density at radius 3 is 2.58 bits per heavy atom. The fraction of sp³-hybridized carbons (Fsp3) is 0.333. The zero-order valence-electron chi connectivity index (χ0n) is 15.0. The third-order valence-electron chi connectivity index (χ3n) is 3.96. The minimum absolute atomic E-state index is 0.0796. The maximum absolute atomic E-state index is 12.6. The number of aromatic amines is 1. The molecule has 0 aliphatic heterocycles. The van der Waals surface area contributed by atoms with Crippen LogP contribution in [0, 0.1) is 24.0 Å². The van der Waals surface area contributed by atoms with Gasteiger partial charge in [0.1, 0.15) is 11.8 Å². The van der Waals surface area contributed by atoms with Crippen molar-refractivity contribution in [2.24, 2.45) is 0 Å². The predicted octanol–water partition coefficient (Wildman–Crippen LogP) is 3.63. The first-order valence-corrected chi connectivity index (χ1v) is 8.07. The SMILES string of the molecule is CCOC(=O)c1[nH]c(C)c(C(=O)O[C@H](C)c2cccc([N+](=O)[O-])c2)c1C. The van der Waals surface area contributed by atoms with Crippen molar-refractivity contribution in [2.75, 3.05) is 6.61 Å². The summed E-state index contributed by atoms with van der Waals surface area (Å²) in [4.78, 5) is 37.7. The molecule has 0 unspecified atom stereocenters. The van der Waals surface area contributed by atoms with Crippen molar-refractivity contribution in [3.05, 3.63) is 62.5 Å². The van der Waals surface area contributed by atoms with Gasteiger partial charge in [-0.25, -0.2) is 9.59 Å². The van der Waals surface area contributed by atoms with E-state index in [0.717, 1.165) is 0 Å². The Kier molecular flexibility index (Phi) is 5.76. The molecule has 8 heteroatoms. The minimum atomic E-state index is -0.692. The number of benzene rings is 1. The van der Waals surface area contributed by atoms with Crippen LogP contribution in [0.4, 0.5) is 5.69 Å². The molecule has 1 heterocycles. The van der Waals surface area contributed by atoms with Gasteiger partial charge in [0.2, 0.25) is 0 Å². The number of H-pyrrole nitrogens is 1. The van der Waals surface area contributed by atoms with E-state index in [1.807, 2.05) is 0 Å². The van der Waals surface area contributed by atoms with Crippen LogP contribution in [-0.4, -0.2) is 28.5 Å². The standard InChI is InChI=1S/C18H20N2O6/c1-5-25-18(22)16-10(2)15(11(3)19-16)17(21)26-12(4)13-7-6-8-14(9-13)20(23)24/h6-9,12,19H,5H2,1-4H3/t12-/m1/s1. The predicted molar refractivity (Wildman–Crippen MR) is 93.2 cm³/mol. The summed E-state index contributed by atoms with van der Waals surface area (Å²) < 4.78 is 10.4. The molecule has 0 aliphatic carbocycles. The molecular weight excluding hydrogens is 340 g/mol. The smallest absolute Gasteiger partial charge is 0.355 e. The summed E-state index contributed by atoms with van der Waals surface area (Å²) in [6.07, 6.45) is -0.692. The monoisotopic (exact) mass is 360 g/mol. The van der Waals surface area contributed by atoms with E-state index in [-0.39, 0.29) is 23.6 Å². The van der Waals surface area contributed by atoms with E-state index in [1.165, 1.54) is 18.2 Å². The highest BCUT2D eigenvalue weighted by Crippen LogP contribution is 2.25. The molecule has 0 spiro atoms. The number of ether oxygens (including phenoxy) is 2. The highest BCUT2D eigenvalue weighted by Gasteiger charge is 2.25. The van der Waals surface area contributed by atoms with Crippen molar-refractivity contribution in [1.82, 2.24) is 4.98 Å². The number of nitrogens with one attached hydrogen (secondary N) is 1. The molecular formula is C18H20N2O6. The number of esters is 2. The summed E-state index contributed by atoms with van der Waals surface area (Å²) in [5.41, 5.74) is 1.82. The van der Waals surface area contributed by atoms with E-state index >= 15 is 0 Å². The Bertz CT molecular complexity index is 855. The number of rotatable bonds is 6. The largest absolute Gasteiger partial charge is 0.461 e. The van der Waals surface area contributed by atoms with Crippen molar-refractivity contribution in [2.45, 2.75) is 33.8 Å². The van der Waals surface area contributed by atoms with Gasteiger partial charge in [0.25, 0.3) is 5.69 Å². The number of non-ortho nitro benzene ring substituents is 1. The molecule has 8 nitrogen and oxygen atoms in total. The van der Waals surface area contributed by atoms with E-state index in [4.69, 9.17) is 9.47 Å². The Labute approximate surface area is 150 Å². The number of carbonyl (C=O) groups excluding carboxylic acids is 2. The Balaban J connectivity index is 2.23. The lowest BCUT2D eigenvalue weighted by atomic mass is 10.1. The Morgan fingerprint density at radius 2 is 1.96 bits per heavy atom. The lowest BCUT2D eigenvalue weighted by molar-refractivity contribution is -0.385. The van der Waals surface area contributed by atoms with Gasteiger partial charge in [-0.1, -0.05) is 12.1 Å². The van der Waals surface area contributed by atoms with Crippen molar-refractivity contribution in [1.29, 1.82) is 0 Å². The molecule has 0 radical (unpaired) electrons. The van der Waals surface area contributed by atoms with E-state index in [1.54, 1.807) is 33.8 Å². The summed E-state index contributed by atoms with van der Waals surface area (Å²) in [5.74, 6) is -1.16. The van der Waals surface area contributed by atoms with Crippen LogP contribution in [-0.2, 0) is 9.47 Å². The number of hydrogen-bond donors (Lipinski definition) is 1. The minimum Gasteiger partial charge on any atom is -0.461 e. The molecule has 0 amide bonds. The average Bonchev–Trinajstić information content (AvgIpc) is 2.89. The molecule has 2 rings (SSSR count). The van der Waals surface area contributed by atoms with Gasteiger partial charge in [0.15, 0.2) is 0 Å². The maximum Gasteiger partial charge on any atom is 0.355 e. The second-order valence-electron chi connectivity index (χ2n) is 5.75. The van der Waals surface area contributed by atoms with E-state index < -0.39 is 23.0 Å². The summed E-state index contributed by atoms with van der Waals surface area (Å²) in [6.45, 7) is 6.83. The Morgan fingerprint density at radius 1 is 1.27 bits per heavy atom. The van der Waals surface area contributed by atoms with Gasteiger partial charge >= 0.3 is 11.9 Å². The number of aryl methyl sites for hydroxylation is 1. The van der Waals surface area contributed by atoms with Gasteiger partial charge in [-0.3, -0.25) is 10.1 Å². The van der Waals surface area contributed by atoms with Crippen LogP contribution < -0.4 is 0 Å². The quantitative estimate of drug-likeness (QED) is 0.478. The first-order valence-electron chi connectivity index (χ1n) is 8.07. The first-order chi connectivity index (χ1) is 12.3. The molecule has 1 aromatic heterocycles. The van der Waals surface area contributed by atoms with Gasteiger partial charge in [0, 0.05) is 17.8 Å². The van der Waals surface area contributed by atoms with Crippen molar-refractivity contribution in [3.8, 4) is 0 Å². The zero-order valence-corrected chi connectivity index (χ0v) is 15.0. The second-order valence-corrected chi connectivity index (χ2v) is 5.75.